The van der Waals surface area contributed by atoms with Crippen LogP contribution in [0.1, 0.15) is 45.6 Å². The van der Waals surface area contributed by atoms with Crippen LogP contribution in [0.5, 0.6) is 0 Å². The van der Waals surface area contributed by atoms with Crippen LogP contribution in [0, 0.1) is 5.82 Å². The van der Waals surface area contributed by atoms with Gasteiger partial charge in [0.15, 0.2) is 0 Å². The van der Waals surface area contributed by atoms with Gasteiger partial charge in [-0.1, -0.05) is 26.0 Å². The standard InChI is InChI=1S/C20H32FN3O/c1-5-23-10-12-24(13-11-23)20(3,4)15-22-19(25)14-16(2)17-6-8-18(21)9-7-17/h6-9,16H,5,10-15H2,1-4H3,(H,22,25). The molecule has 1 fully saturated rings. The zero-order valence-corrected chi connectivity index (χ0v) is 16.0. The first-order chi connectivity index (χ1) is 11.8. The summed E-state index contributed by atoms with van der Waals surface area (Å²) in [4.78, 5) is 17.2. The van der Waals surface area contributed by atoms with Crippen molar-refractivity contribution in [3.8, 4) is 0 Å². The van der Waals surface area contributed by atoms with Crippen molar-refractivity contribution in [3.63, 3.8) is 0 Å². The van der Waals surface area contributed by atoms with Gasteiger partial charge in [0, 0.05) is 44.7 Å². The number of carbonyl (C=O) groups is 1. The second-order valence-corrected chi connectivity index (χ2v) is 7.67. The van der Waals surface area contributed by atoms with E-state index in [1.165, 1.54) is 12.1 Å². The Morgan fingerprint density at radius 2 is 1.80 bits per heavy atom. The number of halogens is 1. The van der Waals surface area contributed by atoms with Crippen LogP contribution in [-0.4, -0.2) is 60.5 Å². The first-order valence-electron chi connectivity index (χ1n) is 9.31. The van der Waals surface area contributed by atoms with Crippen LogP contribution in [-0.2, 0) is 4.79 Å². The van der Waals surface area contributed by atoms with Crippen molar-refractivity contribution < 1.29 is 9.18 Å². The van der Waals surface area contributed by atoms with E-state index in [1.54, 1.807) is 12.1 Å². The Hall–Kier alpha value is -1.46. The lowest BCUT2D eigenvalue weighted by atomic mass is 9.97. The van der Waals surface area contributed by atoms with E-state index in [0.717, 1.165) is 38.3 Å². The molecule has 1 atom stereocenters. The van der Waals surface area contributed by atoms with E-state index >= 15 is 0 Å². The van der Waals surface area contributed by atoms with Crippen molar-refractivity contribution in [3.05, 3.63) is 35.6 Å². The van der Waals surface area contributed by atoms with Gasteiger partial charge >= 0.3 is 0 Å². The van der Waals surface area contributed by atoms with Gasteiger partial charge in [-0.15, -0.1) is 0 Å². The highest BCUT2D eigenvalue weighted by Crippen LogP contribution is 2.20. The van der Waals surface area contributed by atoms with Crippen molar-refractivity contribution in [2.75, 3.05) is 39.3 Å². The summed E-state index contributed by atoms with van der Waals surface area (Å²) in [6.07, 6.45) is 0.422. The maximum Gasteiger partial charge on any atom is 0.220 e. The molecular formula is C20H32FN3O. The first kappa shape index (κ1) is 19.9. The second kappa shape index (κ2) is 8.77. The minimum atomic E-state index is -0.245. The molecule has 1 aromatic carbocycles. The van der Waals surface area contributed by atoms with Gasteiger partial charge in [0.05, 0.1) is 0 Å². The monoisotopic (exact) mass is 349 g/mol. The summed E-state index contributed by atoms with van der Waals surface area (Å²) in [5, 5.41) is 3.09. The predicted octanol–water partition coefficient (Wildman–Crippen LogP) is 2.85. The summed E-state index contributed by atoms with van der Waals surface area (Å²) >= 11 is 0. The van der Waals surface area contributed by atoms with Gasteiger partial charge in [0.1, 0.15) is 5.82 Å². The summed E-state index contributed by atoms with van der Waals surface area (Å²) in [6, 6.07) is 6.40. The van der Waals surface area contributed by atoms with Gasteiger partial charge in [-0.2, -0.15) is 0 Å². The van der Waals surface area contributed by atoms with E-state index in [1.807, 2.05) is 6.92 Å². The largest absolute Gasteiger partial charge is 0.354 e. The summed E-state index contributed by atoms with van der Waals surface area (Å²) in [6.45, 7) is 14.6. The molecule has 1 aromatic rings. The summed E-state index contributed by atoms with van der Waals surface area (Å²) in [5.74, 6) is -0.112. The molecule has 1 amide bonds. The van der Waals surface area contributed by atoms with Crippen molar-refractivity contribution >= 4 is 5.91 Å². The maximum atomic E-state index is 13.0. The number of hydrogen-bond donors (Lipinski definition) is 1. The molecule has 0 radical (unpaired) electrons. The number of hydrogen-bond acceptors (Lipinski definition) is 3. The van der Waals surface area contributed by atoms with E-state index < -0.39 is 0 Å². The Kier molecular flexibility index (Phi) is 6.96. The summed E-state index contributed by atoms with van der Waals surface area (Å²) in [5.41, 5.74) is 0.945. The predicted molar refractivity (Wildman–Crippen MR) is 100 cm³/mol. The van der Waals surface area contributed by atoms with Crippen LogP contribution >= 0.6 is 0 Å². The number of likely N-dealkylation sites (N-methyl/N-ethyl adjacent to an activating group) is 1. The molecular weight excluding hydrogens is 317 g/mol. The van der Waals surface area contributed by atoms with Gasteiger partial charge in [-0.25, -0.2) is 4.39 Å². The van der Waals surface area contributed by atoms with E-state index in [2.05, 4.69) is 35.9 Å². The minimum Gasteiger partial charge on any atom is -0.354 e. The number of carbonyl (C=O) groups excluding carboxylic acids is 1. The van der Waals surface area contributed by atoms with Gasteiger partial charge in [-0.3, -0.25) is 9.69 Å². The van der Waals surface area contributed by atoms with Crippen molar-refractivity contribution in [1.29, 1.82) is 0 Å². The second-order valence-electron chi connectivity index (χ2n) is 7.67. The van der Waals surface area contributed by atoms with Crippen LogP contribution in [0.3, 0.4) is 0 Å². The molecule has 1 saturated heterocycles. The SMILES string of the molecule is CCN1CCN(C(C)(C)CNC(=O)CC(C)c2ccc(F)cc2)CC1. The number of benzene rings is 1. The number of rotatable bonds is 7. The number of piperazine rings is 1. The lowest BCUT2D eigenvalue weighted by Gasteiger charge is -2.44. The molecule has 5 heteroatoms. The zero-order valence-electron chi connectivity index (χ0n) is 16.0. The third-order valence-electron chi connectivity index (χ3n) is 5.32. The van der Waals surface area contributed by atoms with Crippen LogP contribution < -0.4 is 5.32 Å². The highest BCUT2D eigenvalue weighted by atomic mass is 19.1. The Labute approximate surface area is 151 Å². The molecule has 25 heavy (non-hydrogen) atoms. The Bertz CT molecular complexity index is 551. The fourth-order valence-electron chi connectivity index (χ4n) is 3.36. The minimum absolute atomic E-state index is 0.0470. The molecule has 4 nitrogen and oxygen atoms in total. The molecule has 1 unspecified atom stereocenters. The molecule has 0 spiro atoms. The summed E-state index contributed by atoms with van der Waals surface area (Å²) < 4.78 is 13.0. The maximum absolute atomic E-state index is 13.0. The molecule has 2 rings (SSSR count). The Balaban J connectivity index is 1.79. The van der Waals surface area contributed by atoms with E-state index in [-0.39, 0.29) is 23.2 Å². The van der Waals surface area contributed by atoms with Crippen molar-refractivity contribution in [2.45, 2.75) is 45.6 Å². The van der Waals surface area contributed by atoms with Gasteiger partial charge in [0.2, 0.25) is 5.91 Å². The smallest absolute Gasteiger partial charge is 0.220 e. The molecule has 1 aliphatic heterocycles. The molecule has 1 aliphatic rings. The van der Waals surface area contributed by atoms with Crippen molar-refractivity contribution in [2.24, 2.45) is 0 Å². The number of nitrogens with one attached hydrogen (secondary N) is 1. The lowest BCUT2D eigenvalue weighted by molar-refractivity contribution is -0.122. The molecule has 0 bridgehead atoms. The quantitative estimate of drug-likeness (QED) is 0.822. The van der Waals surface area contributed by atoms with Gasteiger partial charge < -0.3 is 10.2 Å². The van der Waals surface area contributed by atoms with Gasteiger partial charge in [-0.05, 0) is 44.0 Å². The third-order valence-corrected chi connectivity index (χ3v) is 5.32. The fraction of sp³-hybridized carbons (Fsp3) is 0.650. The Morgan fingerprint density at radius 3 is 2.36 bits per heavy atom. The molecule has 1 heterocycles. The normalized spacial score (nSPS) is 18.1. The zero-order chi connectivity index (χ0) is 18.4. The van der Waals surface area contributed by atoms with E-state index in [9.17, 15) is 9.18 Å². The van der Waals surface area contributed by atoms with E-state index in [0.29, 0.717) is 13.0 Å². The molecule has 140 valence electrons. The van der Waals surface area contributed by atoms with Gasteiger partial charge in [0.25, 0.3) is 0 Å². The van der Waals surface area contributed by atoms with Crippen LogP contribution in [0.15, 0.2) is 24.3 Å². The van der Waals surface area contributed by atoms with E-state index in [4.69, 9.17) is 0 Å². The third kappa shape index (κ3) is 5.79. The first-order valence-corrected chi connectivity index (χ1v) is 9.31. The summed E-state index contributed by atoms with van der Waals surface area (Å²) in [7, 11) is 0. The highest BCUT2D eigenvalue weighted by Gasteiger charge is 2.30. The molecule has 0 aromatic heterocycles. The molecule has 0 aliphatic carbocycles. The van der Waals surface area contributed by atoms with Crippen molar-refractivity contribution in [1.82, 2.24) is 15.1 Å². The number of amides is 1. The molecule has 1 N–H and O–H groups in total. The van der Waals surface area contributed by atoms with Crippen LogP contribution in [0.25, 0.3) is 0 Å². The fourth-order valence-corrected chi connectivity index (χ4v) is 3.36. The number of nitrogens with zero attached hydrogens (tertiary/aromatic N) is 2. The molecule has 0 saturated carbocycles. The average Bonchev–Trinajstić information content (AvgIpc) is 2.60. The van der Waals surface area contributed by atoms with Crippen LogP contribution in [0.2, 0.25) is 0 Å². The lowest BCUT2D eigenvalue weighted by Crippen LogP contribution is -2.58. The van der Waals surface area contributed by atoms with Crippen LogP contribution in [0.4, 0.5) is 4.39 Å². The highest BCUT2D eigenvalue weighted by molar-refractivity contribution is 5.76. The average molecular weight is 349 g/mol. The topological polar surface area (TPSA) is 35.6 Å². The Morgan fingerprint density at radius 1 is 1.20 bits per heavy atom.